The Balaban J connectivity index is 2.06. The number of hydrogen-bond acceptors (Lipinski definition) is 4. The Morgan fingerprint density at radius 2 is 2.07 bits per heavy atom. The van der Waals surface area contributed by atoms with Crippen LogP contribution in [0, 0.1) is 12.8 Å². The Hall–Kier alpha value is -1.32. The van der Waals surface area contributed by atoms with Gasteiger partial charge in [0.15, 0.2) is 0 Å². The van der Waals surface area contributed by atoms with Gasteiger partial charge in [0.1, 0.15) is 18.0 Å². The standard InChI is InChI=1S/C10H16N4/c1-7-9(11-2)13-6-14-10(7)12-5-8-3-4-8/h6,8H,3-5H2,1-2H3,(H2,11,12,13,14). The van der Waals surface area contributed by atoms with E-state index in [9.17, 15) is 0 Å². The summed E-state index contributed by atoms with van der Waals surface area (Å²) < 4.78 is 0. The van der Waals surface area contributed by atoms with Crippen LogP contribution >= 0.6 is 0 Å². The van der Waals surface area contributed by atoms with Gasteiger partial charge in [0.25, 0.3) is 0 Å². The molecule has 1 heterocycles. The van der Waals surface area contributed by atoms with E-state index < -0.39 is 0 Å². The van der Waals surface area contributed by atoms with Gasteiger partial charge in [0.05, 0.1) is 0 Å². The molecule has 4 heteroatoms. The molecule has 0 aromatic carbocycles. The zero-order valence-electron chi connectivity index (χ0n) is 8.67. The van der Waals surface area contributed by atoms with Crippen molar-refractivity contribution in [1.29, 1.82) is 0 Å². The van der Waals surface area contributed by atoms with Crippen LogP contribution in [0.3, 0.4) is 0 Å². The average Bonchev–Trinajstić information content (AvgIpc) is 3.00. The maximum Gasteiger partial charge on any atom is 0.134 e. The van der Waals surface area contributed by atoms with Crippen LogP contribution in [-0.4, -0.2) is 23.6 Å². The Labute approximate surface area is 84.2 Å². The van der Waals surface area contributed by atoms with Crippen LogP contribution in [0.25, 0.3) is 0 Å². The van der Waals surface area contributed by atoms with Gasteiger partial charge in [-0.3, -0.25) is 0 Å². The molecule has 0 saturated heterocycles. The summed E-state index contributed by atoms with van der Waals surface area (Å²) in [6, 6.07) is 0. The van der Waals surface area contributed by atoms with Gasteiger partial charge in [-0.1, -0.05) is 0 Å². The molecule has 0 radical (unpaired) electrons. The summed E-state index contributed by atoms with van der Waals surface area (Å²) >= 11 is 0. The third-order valence-electron chi connectivity index (χ3n) is 2.58. The fourth-order valence-electron chi connectivity index (χ4n) is 1.44. The molecule has 1 aromatic rings. The normalized spacial score (nSPS) is 15.3. The van der Waals surface area contributed by atoms with E-state index in [0.717, 1.165) is 29.7 Å². The third kappa shape index (κ3) is 1.95. The molecule has 0 spiro atoms. The van der Waals surface area contributed by atoms with E-state index in [1.807, 2.05) is 14.0 Å². The first kappa shape index (κ1) is 9.24. The van der Waals surface area contributed by atoms with Crippen LogP contribution in [0.2, 0.25) is 0 Å². The molecule has 0 bridgehead atoms. The molecule has 2 N–H and O–H groups in total. The lowest BCUT2D eigenvalue weighted by Gasteiger charge is -2.10. The van der Waals surface area contributed by atoms with Crippen LogP contribution in [0.4, 0.5) is 11.6 Å². The van der Waals surface area contributed by atoms with Crippen LogP contribution < -0.4 is 10.6 Å². The number of hydrogen-bond donors (Lipinski definition) is 2. The first-order valence-electron chi connectivity index (χ1n) is 5.04. The maximum atomic E-state index is 4.22. The topological polar surface area (TPSA) is 49.8 Å². The van der Waals surface area contributed by atoms with Crippen molar-refractivity contribution in [3.8, 4) is 0 Å². The van der Waals surface area contributed by atoms with Crippen molar-refractivity contribution >= 4 is 11.6 Å². The molecule has 0 aliphatic heterocycles. The summed E-state index contributed by atoms with van der Waals surface area (Å²) in [6.07, 6.45) is 4.31. The van der Waals surface area contributed by atoms with Crippen molar-refractivity contribution in [2.24, 2.45) is 5.92 Å². The molecular weight excluding hydrogens is 176 g/mol. The maximum absolute atomic E-state index is 4.22. The number of aromatic nitrogens is 2. The third-order valence-corrected chi connectivity index (χ3v) is 2.58. The predicted molar refractivity (Wildman–Crippen MR) is 57.5 cm³/mol. The monoisotopic (exact) mass is 192 g/mol. The molecule has 2 rings (SSSR count). The molecule has 0 unspecified atom stereocenters. The SMILES string of the molecule is CNc1ncnc(NCC2CC2)c1C. The summed E-state index contributed by atoms with van der Waals surface area (Å²) in [6.45, 7) is 3.07. The molecule has 1 aliphatic carbocycles. The lowest BCUT2D eigenvalue weighted by Crippen LogP contribution is -2.08. The second-order valence-electron chi connectivity index (χ2n) is 3.77. The summed E-state index contributed by atoms with van der Waals surface area (Å²) in [5.74, 6) is 2.72. The highest BCUT2D eigenvalue weighted by Gasteiger charge is 2.21. The minimum Gasteiger partial charge on any atom is -0.373 e. The van der Waals surface area contributed by atoms with Crippen LogP contribution in [0.5, 0.6) is 0 Å². The Morgan fingerprint density at radius 1 is 1.36 bits per heavy atom. The minimum atomic E-state index is 0.863. The number of rotatable bonds is 4. The first-order chi connectivity index (χ1) is 6.81. The quantitative estimate of drug-likeness (QED) is 0.761. The molecule has 0 amide bonds. The van der Waals surface area contributed by atoms with Crippen molar-refractivity contribution in [3.63, 3.8) is 0 Å². The molecule has 76 valence electrons. The van der Waals surface area contributed by atoms with Crippen molar-refractivity contribution in [2.45, 2.75) is 19.8 Å². The second-order valence-corrected chi connectivity index (χ2v) is 3.77. The van der Waals surface area contributed by atoms with Crippen LogP contribution in [0.15, 0.2) is 6.33 Å². The van der Waals surface area contributed by atoms with E-state index >= 15 is 0 Å². The van der Waals surface area contributed by atoms with Gasteiger partial charge in [0.2, 0.25) is 0 Å². The van der Waals surface area contributed by atoms with Gasteiger partial charge >= 0.3 is 0 Å². The first-order valence-corrected chi connectivity index (χ1v) is 5.04. The Kier molecular flexibility index (Phi) is 2.52. The second kappa shape index (κ2) is 3.82. The summed E-state index contributed by atoms with van der Waals surface area (Å²) in [5.41, 5.74) is 1.09. The van der Waals surface area contributed by atoms with Crippen molar-refractivity contribution in [3.05, 3.63) is 11.9 Å². The largest absolute Gasteiger partial charge is 0.373 e. The molecule has 1 aromatic heterocycles. The lowest BCUT2D eigenvalue weighted by molar-refractivity contribution is 0.878. The number of nitrogens with zero attached hydrogens (tertiary/aromatic N) is 2. The summed E-state index contributed by atoms with van der Waals surface area (Å²) in [7, 11) is 1.88. The van der Waals surface area contributed by atoms with Gasteiger partial charge in [-0.15, -0.1) is 0 Å². The summed E-state index contributed by atoms with van der Waals surface area (Å²) in [4.78, 5) is 8.36. The van der Waals surface area contributed by atoms with Gasteiger partial charge < -0.3 is 10.6 Å². The van der Waals surface area contributed by atoms with E-state index in [4.69, 9.17) is 0 Å². The molecule has 1 saturated carbocycles. The Bertz CT molecular complexity index is 320. The van der Waals surface area contributed by atoms with Crippen molar-refractivity contribution < 1.29 is 0 Å². The summed E-state index contributed by atoms with van der Waals surface area (Å²) in [5, 5.41) is 6.41. The lowest BCUT2D eigenvalue weighted by atomic mass is 10.3. The molecular formula is C10H16N4. The molecule has 1 aliphatic rings. The van der Waals surface area contributed by atoms with Gasteiger partial charge in [0, 0.05) is 19.2 Å². The number of anilines is 2. The van der Waals surface area contributed by atoms with Gasteiger partial charge in [-0.25, -0.2) is 9.97 Å². The zero-order chi connectivity index (χ0) is 9.97. The van der Waals surface area contributed by atoms with E-state index in [-0.39, 0.29) is 0 Å². The predicted octanol–water partition coefficient (Wildman–Crippen LogP) is 1.65. The molecule has 4 nitrogen and oxygen atoms in total. The zero-order valence-corrected chi connectivity index (χ0v) is 8.67. The fraction of sp³-hybridized carbons (Fsp3) is 0.600. The van der Waals surface area contributed by atoms with Crippen molar-refractivity contribution in [2.75, 3.05) is 24.2 Å². The van der Waals surface area contributed by atoms with Gasteiger partial charge in [-0.2, -0.15) is 0 Å². The van der Waals surface area contributed by atoms with E-state index in [1.54, 1.807) is 6.33 Å². The van der Waals surface area contributed by atoms with Crippen LogP contribution in [0.1, 0.15) is 18.4 Å². The average molecular weight is 192 g/mol. The van der Waals surface area contributed by atoms with Crippen molar-refractivity contribution in [1.82, 2.24) is 9.97 Å². The van der Waals surface area contributed by atoms with Gasteiger partial charge in [-0.05, 0) is 25.7 Å². The van der Waals surface area contributed by atoms with E-state index in [1.165, 1.54) is 12.8 Å². The van der Waals surface area contributed by atoms with Crippen LogP contribution in [-0.2, 0) is 0 Å². The highest BCUT2D eigenvalue weighted by Crippen LogP contribution is 2.29. The molecule has 0 atom stereocenters. The Morgan fingerprint density at radius 3 is 2.71 bits per heavy atom. The minimum absolute atomic E-state index is 0.863. The highest BCUT2D eigenvalue weighted by molar-refractivity contribution is 5.56. The smallest absolute Gasteiger partial charge is 0.134 e. The highest BCUT2D eigenvalue weighted by atomic mass is 15.1. The number of nitrogens with one attached hydrogen (secondary N) is 2. The van der Waals surface area contributed by atoms with E-state index in [0.29, 0.717) is 0 Å². The molecule has 14 heavy (non-hydrogen) atoms. The fourth-order valence-corrected chi connectivity index (χ4v) is 1.44. The molecule has 1 fully saturated rings. The van der Waals surface area contributed by atoms with E-state index in [2.05, 4.69) is 20.6 Å².